The average Bonchev–Trinajstić information content (AvgIpc) is 2.60. The zero-order valence-corrected chi connectivity index (χ0v) is 15.7. The first kappa shape index (κ1) is 19.3. The van der Waals surface area contributed by atoms with Gasteiger partial charge in [0.05, 0.1) is 18.3 Å². The Labute approximate surface area is 155 Å². The molecule has 1 aromatic heterocycles. The van der Waals surface area contributed by atoms with Crippen LogP contribution >= 0.6 is 0 Å². The highest BCUT2D eigenvalue weighted by Crippen LogP contribution is 2.28. The SMILES string of the molecule is C=C(Nc1ccc(C#N)cn1)c1cc(OCC(C)C)cc(OC(C)C)c1. The highest BCUT2D eigenvalue weighted by molar-refractivity contribution is 5.75. The van der Waals surface area contributed by atoms with Crippen LogP contribution in [0.4, 0.5) is 5.82 Å². The molecule has 0 atom stereocenters. The standard InChI is InChI=1S/C21H25N3O2/c1-14(2)13-25-19-8-18(9-20(10-19)26-15(3)4)16(5)24-21-7-6-17(11-22)12-23-21/h6-10,12,14-15H,5,13H2,1-4H3,(H,23,24). The Morgan fingerprint density at radius 1 is 1.19 bits per heavy atom. The van der Waals surface area contributed by atoms with Crippen molar-refractivity contribution in [1.82, 2.24) is 4.98 Å². The Kier molecular flexibility index (Phi) is 6.62. The van der Waals surface area contributed by atoms with E-state index in [-0.39, 0.29) is 6.10 Å². The van der Waals surface area contributed by atoms with Gasteiger partial charge in [-0.25, -0.2) is 4.98 Å². The summed E-state index contributed by atoms with van der Waals surface area (Å²) in [5.74, 6) is 2.51. The van der Waals surface area contributed by atoms with Crippen molar-refractivity contribution in [3.63, 3.8) is 0 Å². The van der Waals surface area contributed by atoms with Crippen LogP contribution in [0, 0.1) is 17.2 Å². The highest BCUT2D eigenvalue weighted by Gasteiger charge is 2.09. The van der Waals surface area contributed by atoms with Gasteiger partial charge >= 0.3 is 0 Å². The van der Waals surface area contributed by atoms with Gasteiger partial charge in [-0.3, -0.25) is 0 Å². The molecule has 0 spiro atoms. The molecule has 26 heavy (non-hydrogen) atoms. The Hall–Kier alpha value is -3.00. The lowest BCUT2D eigenvalue weighted by Gasteiger charge is -2.16. The zero-order valence-electron chi connectivity index (χ0n) is 15.7. The molecule has 0 bridgehead atoms. The second-order valence-electron chi connectivity index (χ2n) is 6.71. The van der Waals surface area contributed by atoms with Crippen molar-refractivity contribution in [2.45, 2.75) is 33.8 Å². The maximum Gasteiger partial charge on any atom is 0.130 e. The number of nitrogens with one attached hydrogen (secondary N) is 1. The molecule has 0 saturated heterocycles. The average molecular weight is 351 g/mol. The van der Waals surface area contributed by atoms with Crippen LogP contribution in [0.2, 0.25) is 0 Å². The first-order chi connectivity index (χ1) is 12.4. The molecule has 1 aromatic carbocycles. The Morgan fingerprint density at radius 2 is 1.92 bits per heavy atom. The van der Waals surface area contributed by atoms with Gasteiger partial charge in [-0.05, 0) is 44.0 Å². The van der Waals surface area contributed by atoms with E-state index < -0.39 is 0 Å². The van der Waals surface area contributed by atoms with Crippen molar-refractivity contribution in [1.29, 1.82) is 5.26 Å². The Balaban J connectivity index is 2.22. The van der Waals surface area contributed by atoms with Gasteiger partial charge in [0, 0.05) is 23.5 Å². The monoisotopic (exact) mass is 351 g/mol. The number of aromatic nitrogens is 1. The third-order valence-electron chi connectivity index (χ3n) is 3.36. The molecular formula is C21H25N3O2. The Bertz CT molecular complexity index is 790. The molecule has 0 amide bonds. The molecular weight excluding hydrogens is 326 g/mol. The fraction of sp³-hybridized carbons (Fsp3) is 0.333. The number of anilines is 1. The number of nitriles is 1. The molecule has 0 aliphatic carbocycles. The summed E-state index contributed by atoms with van der Waals surface area (Å²) in [5, 5.41) is 12.0. The highest BCUT2D eigenvalue weighted by atomic mass is 16.5. The molecule has 0 fully saturated rings. The summed E-state index contributed by atoms with van der Waals surface area (Å²) in [6.07, 6.45) is 1.58. The van der Waals surface area contributed by atoms with Gasteiger partial charge in [0.25, 0.3) is 0 Å². The van der Waals surface area contributed by atoms with E-state index in [2.05, 4.69) is 30.7 Å². The summed E-state index contributed by atoms with van der Waals surface area (Å²) in [6, 6.07) is 11.2. The normalized spacial score (nSPS) is 10.5. The number of benzene rings is 1. The predicted molar refractivity (Wildman–Crippen MR) is 104 cm³/mol. The topological polar surface area (TPSA) is 67.2 Å². The molecule has 2 rings (SSSR count). The van der Waals surface area contributed by atoms with E-state index in [9.17, 15) is 0 Å². The summed E-state index contributed by atoms with van der Waals surface area (Å²) in [7, 11) is 0. The van der Waals surface area contributed by atoms with Gasteiger partial charge in [-0.1, -0.05) is 20.4 Å². The van der Waals surface area contributed by atoms with Crippen LogP contribution in [-0.2, 0) is 0 Å². The number of ether oxygens (including phenoxy) is 2. The van der Waals surface area contributed by atoms with Crippen LogP contribution in [0.25, 0.3) is 5.70 Å². The molecule has 1 heterocycles. The number of pyridine rings is 1. The van der Waals surface area contributed by atoms with E-state index in [0.29, 0.717) is 29.6 Å². The van der Waals surface area contributed by atoms with E-state index >= 15 is 0 Å². The van der Waals surface area contributed by atoms with Gasteiger partial charge in [0.2, 0.25) is 0 Å². The minimum Gasteiger partial charge on any atom is -0.493 e. The molecule has 0 unspecified atom stereocenters. The maximum absolute atomic E-state index is 8.86. The van der Waals surface area contributed by atoms with Crippen molar-refractivity contribution >= 4 is 11.5 Å². The summed E-state index contributed by atoms with van der Waals surface area (Å²) in [6.45, 7) is 12.9. The molecule has 2 aromatic rings. The van der Waals surface area contributed by atoms with Crippen LogP contribution in [0.15, 0.2) is 43.1 Å². The van der Waals surface area contributed by atoms with Gasteiger partial charge in [-0.2, -0.15) is 5.26 Å². The first-order valence-corrected chi connectivity index (χ1v) is 8.64. The van der Waals surface area contributed by atoms with Crippen LogP contribution in [0.1, 0.15) is 38.8 Å². The van der Waals surface area contributed by atoms with E-state index in [4.69, 9.17) is 14.7 Å². The molecule has 136 valence electrons. The van der Waals surface area contributed by atoms with Gasteiger partial charge < -0.3 is 14.8 Å². The van der Waals surface area contributed by atoms with Crippen LogP contribution in [0.5, 0.6) is 11.5 Å². The summed E-state index contributed by atoms with van der Waals surface area (Å²) in [5.41, 5.74) is 2.04. The second kappa shape index (κ2) is 8.91. The van der Waals surface area contributed by atoms with Crippen molar-refractivity contribution < 1.29 is 9.47 Å². The summed E-state index contributed by atoms with van der Waals surface area (Å²) >= 11 is 0. The van der Waals surface area contributed by atoms with E-state index in [0.717, 1.165) is 17.1 Å². The fourth-order valence-electron chi connectivity index (χ4n) is 2.19. The minimum atomic E-state index is 0.0598. The fourth-order valence-corrected chi connectivity index (χ4v) is 2.19. The predicted octanol–water partition coefficient (Wildman–Crippen LogP) is 4.86. The minimum absolute atomic E-state index is 0.0598. The molecule has 0 aliphatic rings. The van der Waals surface area contributed by atoms with Gasteiger partial charge in [-0.15, -0.1) is 0 Å². The number of rotatable bonds is 8. The first-order valence-electron chi connectivity index (χ1n) is 8.64. The van der Waals surface area contributed by atoms with Crippen LogP contribution in [-0.4, -0.2) is 17.7 Å². The summed E-state index contributed by atoms with van der Waals surface area (Å²) < 4.78 is 11.7. The van der Waals surface area contributed by atoms with E-state index in [1.54, 1.807) is 12.1 Å². The molecule has 5 heteroatoms. The lowest BCUT2D eigenvalue weighted by atomic mass is 10.1. The van der Waals surface area contributed by atoms with Gasteiger partial charge in [0.15, 0.2) is 0 Å². The van der Waals surface area contributed by atoms with Crippen molar-refractivity contribution in [3.8, 4) is 17.6 Å². The molecule has 0 saturated carbocycles. The number of nitrogens with zero attached hydrogens (tertiary/aromatic N) is 2. The number of hydrogen-bond donors (Lipinski definition) is 1. The van der Waals surface area contributed by atoms with Crippen LogP contribution in [0.3, 0.4) is 0 Å². The second-order valence-corrected chi connectivity index (χ2v) is 6.71. The lowest BCUT2D eigenvalue weighted by Crippen LogP contribution is -2.08. The maximum atomic E-state index is 8.86. The largest absolute Gasteiger partial charge is 0.493 e. The van der Waals surface area contributed by atoms with E-state index in [1.165, 1.54) is 6.20 Å². The molecule has 0 aliphatic heterocycles. The quantitative estimate of drug-likeness (QED) is 0.736. The zero-order chi connectivity index (χ0) is 19.1. The summed E-state index contributed by atoms with van der Waals surface area (Å²) in [4.78, 5) is 4.21. The van der Waals surface area contributed by atoms with E-state index in [1.807, 2.05) is 38.1 Å². The van der Waals surface area contributed by atoms with Crippen molar-refractivity contribution in [2.75, 3.05) is 11.9 Å². The molecule has 0 radical (unpaired) electrons. The molecule has 5 nitrogen and oxygen atoms in total. The lowest BCUT2D eigenvalue weighted by molar-refractivity contribution is 0.237. The van der Waals surface area contributed by atoms with Crippen molar-refractivity contribution in [3.05, 3.63) is 54.2 Å². The third kappa shape index (κ3) is 5.82. The Morgan fingerprint density at radius 3 is 2.50 bits per heavy atom. The smallest absolute Gasteiger partial charge is 0.130 e. The third-order valence-corrected chi connectivity index (χ3v) is 3.36. The van der Waals surface area contributed by atoms with Crippen LogP contribution < -0.4 is 14.8 Å². The van der Waals surface area contributed by atoms with Gasteiger partial charge in [0.1, 0.15) is 23.4 Å². The molecule has 1 N–H and O–H groups in total. The van der Waals surface area contributed by atoms with Crippen molar-refractivity contribution in [2.24, 2.45) is 5.92 Å². The number of hydrogen-bond acceptors (Lipinski definition) is 5.